The number of methoxy groups -OCH3 is 1. The highest BCUT2D eigenvalue weighted by molar-refractivity contribution is 9.10. The summed E-state index contributed by atoms with van der Waals surface area (Å²) in [4.78, 5) is 27.4. The van der Waals surface area contributed by atoms with Crippen LogP contribution in [0.4, 0.5) is 5.69 Å². The molecule has 0 aromatic heterocycles. The van der Waals surface area contributed by atoms with Gasteiger partial charge in [-0.25, -0.2) is 9.79 Å². The quantitative estimate of drug-likeness (QED) is 0.0960. The Bertz CT molecular complexity index is 1600. The van der Waals surface area contributed by atoms with Crippen molar-refractivity contribution in [3.63, 3.8) is 0 Å². The molecular formula is C30H21BrN2O6. The van der Waals surface area contributed by atoms with E-state index in [1.807, 2.05) is 54.6 Å². The minimum Gasteiger partial charge on any atom is -0.493 e. The van der Waals surface area contributed by atoms with Crippen molar-refractivity contribution < 1.29 is 23.9 Å². The first-order valence-electron chi connectivity index (χ1n) is 11.8. The summed E-state index contributed by atoms with van der Waals surface area (Å²) < 4.78 is 17.5. The van der Waals surface area contributed by atoms with Gasteiger partial charge in [0, 0.05) is 17.7 Å². The number of nitro benzene ring substituents is 1. The molecule has 0 amide bonds. The molecule has 0 aliphatic carbocycles. The highest BCUT2D eigenvalue weighted by Gasteiger charge is 2.24. The van der Waals surface area contributed by atoms with Crippen molar-refractivity contribution in [2.45, 2.75) is 6.61 Å². The molecular weight excluding hydrogens is 564 g/mol. The van der Waals surface area contributed by atoms with Crippen LogP contribution >= 0.6 is 15.9 Å². The summed E-state index contributed by atoms with van der Waals surface area (Å²) in [6, 6.07) is 27.2. The Kier molecular flexibility index (Phi) is 7.51. The van der Waals surface area contributed by atoms with E-state index in [4.69, 9.17) is 14.2 Å². The lowest BCUT2D eigenvalue weighted by atomic mass is 10.0. The van der Waals surface area contributed by atoms with Crippen LogP contribution in [0.3, 0.4) is 0 Å². The van der Waals surface area contributed by atoms with Gasteiger partial charge in [-0.05, 0) is 80.7 Å². The van der Waals surface area contributed by atoms with E-state index in [0.29, 0.717) is 27.1 Å². The average molecular weight is 585 g/mol. The summed E-state index contributed by atoms with van der Waals surface area (Å²) in [7, 11) is 1.51. The number of esters is 1. The first-order chi connectivity index (χ1) is 18.9. The molecule has 0 bridgehead atoms. The third-order valence-electron chi connectivity index (χ3n) is 5.94. The third kappa shape index (κ3) is 5.89. The van der Waals surface area contributed by atoms with Gasteiger partial charge in [0.2, 0.25) is 5.90 Å². The molecule has 9 heteroatoms. The van der Waals surface area contributed by atoms with Crippen LogP contribution in [-0.4, -0.2) is 23.9 Å². The van der Waals surface area contributed by atoms with Crippen LogP contribution in [0, 0.1) is 10.1 Å². The Balaban J connectivity index is 1.34. The van der Waals surface area contributed by atoms with E-state index in [0.717, 1.165) is 16.7 Å². The van der Waals surface area contributed by atoms with Gasteiger partial charge in [0.15, 0.2) is 17.2 Å². The smallest absolute Gasteiger partial charge is 0.363 e. The van der Waals surface area contributed by atoms with Gasteiger partial charge < -0.3 is 14.2 Å². The zero-order valence-electron chi connectivity index (χ0n) is 20.7. The van der Waals surface area contributed by atoms with E-state index in [-0.39, 0.29) is 23.9 Å². The standard InChI is InChI=1S/C30H21BrN2O6/c1-37-27-17-20(15-25(31)28(27)38-18-19-7-13-24(14-8-19)33(35)36)16-26-30(34)39-29(32-26)23-11-9-22(10-12-23)21-5-3-2-4-6-21/h2-17H,18H2,1H3/b26-16-. The number of nitro groups is 1. The van der Waals surface area contributed by atoms with Crippen LogP contribution in [0.2, 0.25) is 0 Å². The van der Waals surface area contributed by atoms with E-state index in [1.54, 1.807) is 30.3 Å². The van der Waals surface area contributed by atoms with E-state index < -0.39 is 10.9 Å². The van der Waals surface area contributed by atoms with Crippen molar-refractivity contribution >= 4 is 39.6 Å². The van der Waals surface area contributed by atoms with Crippen LogP contribution in [0.15, 0.2) is 106 Å². The molecule has 1 aliphatic heterocycles. The maximum atomic E-state index is 12.6. The van der Waals surface area contributed by atoms with Crippen LogP contribution in [0.5, 0.6) is 11.5 Å². The summed E-state index contributed by atoms with van der Waals surface area (Å²) >= 11 is 3.51. The lowest BCUT2D eigenvalue weighted by Gasteiger charge is -2.13. The molecule has 0 spiro atoms. The maximum absolute atomic E-state index is 12.6. The highest BCUT2D eigenvalue weighted by atomic mass is 79.9. The van der Waals surface area contributed by atoms with Crippen LogP contribution in [0.1, 0.15) is 16.7 Å². The first-order valence-corrected chi connectivity index (χ1v) is 12.6. The number of nitrogens with zero attached hydrogens (tertiary/aromatic N) is 2. The number of non-ortho nitro benzene ring substituents is 1. The zero-order chi connectivity index (χ0) is 27.4. The third-order valence-corrected chi connectivity index (χ3v) is 6.53. The molecule has 1 aliphatic rings. The van der Waals surface area contributed by atoms with Crippen molar-refractivity contribution in [1.29, 1.82) is 0 Å². The predicted octanol–water partition coefficient (Wildman–Crippen LogP) is 6.96. The second-order valence-electron chi connectivity index (χ2n) is 8.53. The molecule has 5 rings (SSSR count). The maximum Gasteiger partial charge on any atom is 0.363 e. The molecule has 39 heavy (non-hydrogen) atoms. The van der Waals surface area contributed by atoms with Gasteiger partial charge in [-0.15, -0.1) is 0 Å². The lowest BCUT2D eigenvalue weighted by Crippen LogP contribution is -2.05. The molecule has 4 aromatic carbocycles. The van der Waals surface area contributed by atoms with Crippen LogP contribution in [-0.2, 0) is 16.1 Å². The molecule has 4 aromatic rings. The summed E-state index contributed by atoms with van der Waals surface area (Å²) in [6.45, 7) is 0.177. The van der Waals surface area contributed by atoms with Crippen molar-refractivity contribution in [2.75, 3.05) is 7.11 Å². The Morgan fingerprint density at radius 2 is 1.62 bits per heavy atom. The Morgan fingerprint density at radius 3 is 2.28 bits per heavy atom. The van der Waals surface area contributed by atoms with Gasteiger partial charge in [0.1, 0.15) is 6.61 Å². The monoisotopic (exact) mass is 584 g/mol. The fourth-order valence-electron chi connectivity index (χ4n) is 3.96. The molecule has 0 atom stereocenters. The molecule has 0 saturated carbocycles. The largest absolute Gasteiger partial charge is 0.493 e. The summed E-state index contributed by atoms with van der Waals surface area (Å²) in [5.41, 5.74) is 4.41. The number of hydrogen-bond donors (Lipinski definition) is 0. The van der Waals surface area contributed by atoms with E-state index in [9.17, 15) is 14.9 Å². The zero-order valence-corrected chi connectivity index (χ0v) is 22.3. The van der Waals surface area contributed by atoms with E-state index >= 15 is 0 Å². The number of carbonyl (C=O) groups is 1. The Morgan fingerprint density at radius 1 is 0.949 bits per heavy atom. The van der Waals surface area contributed by atoms with Gasteiger partial charge in [-0.1, -0.05) is 42.5 Å². The minimum absolute atomic E-state index is 0.00959. The van der Waals surface area contributed by atoms with Gasteiger partial charge in [-0.2, -0.15) is 0 Å². The summed E-state index contributed by atoms with van der Waals surface area (Å²) in [5, 5.41) is 10.9. The van der Waals surface area contributed by atoms with Crippen LogP contribution < -0.4 is 9.47 Å². The average Bonchev–Trinajstić information content (AvgIpc) is 3.32. The topological polar surface area (TPSA) is 100 Å². The van der Waals surface area contributed by atoms with Crippen molar-refractivity contribution in [3.05, 3.63) is 128 Å². The van der Waals surface area contributed by atoms with Gasteiger partial charge >= 0.3 is 5.97 Å². The minimum atomic E-state index is -0.550. The SMILES string of the molecule is COc1cc(/C=C2\N=C(c3ccc(-c4ccccc4)cc3)OC2=O)cc(Br)c1OCc1ccc([N+](=O)[O-])cc1. The van der Waals surface area contributed by atoms with E-state index in [1.165, 1.54) is 19.2 Å². The van der Waals surface area contributed by atoms with E-state index in [2.05, 4.69) is 20.9 Å². The van der Waals surface area contributed by atoms with Gasteiger partial charge in [0.05, 0.1) is 16.5 Å². The van der Waals surface area contributed by atoms with Gasteiger partial charge in [-0.3, -0.25) is 10.1 Å². The number of rotatable bonds is 8. The summed E-state index contributed by atoms with van der Waals surface area (Å²) in [6.07, 6.45) is 1.61. The summed E-state index contributed by atoms with van der Waals surface area (Å²) in [5.74, 6) is 0.575. The molecule has 0 N–H and O–H groups in total. The normalized spacial score (nSPS) is 13.6. The molecule has 0 radical (unpaired) electrons. The number of hydrogen-bond acceptors (Lipinski definition) is 7. The Labute approximate surface area is 232 Å². The number of halogens is 1. The number of aliphatic imine (C=N–C) groups is 1. The number of benzene rings is 4. The predicted molar refractivity (Wildman–Crippen MR) is 151 cm³/mol. The van der Waals surface area contributed by atoms with Crippen molar-refractivity contribution in [3.8, 4) is 22.6 Å². The fourth-order valence-corrected chi connectivity index (χ4v) is 4.53. The second-order valence-corrected chi connectivity index (χ2v) is 9.38. The second kappa shape index (κ2) is 11.3. The highest BCUT2D eigenvalue weighted by Crippen LogP contribution is 2.38. The lowest BCUT2D eigenvalue weighted by molar-refractivity contribution is -0.384. The fraction of sp³-hybridized carbons (Fsp3) is 0.0667. The number of ether oxygens (including phenoxy) is 3. The van der Waals surface area contributed by atoms with Gasteiger partial charge in [0.25, 0.3) is 5.69 Å². The molecule has 8 nitrogen and oxygen atoms in total. The first kappa shape index (κ1) is 25.9. The molecule has 0 unspecified atom stereocenters. The molecule has 1 heterocycles. The number of carbonyl (C=O) groups excluding carboxylic acids is 1. The van der Waals surface area contributed by atoms with Crippen molar-refractivity contribution in [1.82, 2.24) is 0 Å². The molecule has 194 valence electrons. The number of cyclic esters (lactones) is 1. The van der Waals surface area contributed by atoms with Crippen molar-refractivity contribution in [2.24, 2.45) is 4.99 Å². The molecule has 0 fully saturated rings. The Hall–Kier alpha value is -4.76. The van der Waals surface area contributed by atoms with Crippen LogP contribution in [0.25, 0.3) is 17.2 Å². The molecule has 0 saturated heterocycles.